The van der Waals surface area contributed by atoms with E-state index in [0.29, 0.717) is 36.1 Å². The summed E-state index contributed by atoms with van der Waals surface area (Å²) >= 11 is 8.22. The van der Waals surface area contributed by atoms with Crippen molar-refractivity contribution < 1.29 is 24.2 Å². The van der Waals surface area contributed by atoms with Crippen LogP contribution in [0.1, 0.15) is 32.8 Å². The summed E-state index contributed by atoms with van der Waals surface area (Å²) in [7, 11) is 6.86. The van der Waals surface area contributed by atoms with Gasteiger partial charge in [-0.2, -0.15) is 0 Å². The minimum absolute atomic E-state index is 0.191. The fraction of sp³-hybridized carbons (Fsp3) is 0.273. The first kappa shape index (κ1) is 24.7. The fourth-order valence-corrected chi connectivity index (χ4v) is 4.13. The number of nitrogens with one attached hydrogen (secondary N) is 1. The van der Waals surface area contributed by atoms with Gasteiger partial charge in [-0.25, -0.2) is 4.79 Å². The third-order valence-corrected chi connectivity index (χ3v) is 5.92. The third-order valence-electron chi connectivity index (χ3n) is 5.61. The molecule has 4 rings (SSSR count). The van der Waals surface area contributed by atoms with Crippen LogP contribution in [0.15, 0.2) is 42.5 Å². The number of ether oxygens (including phenoxy) is 2. The number of amides is 1. The van der Waals surface area contributed by atoms with E-state index in [1.165, 1.54) is 12.1 Å². The molecule has 2 aromatic carbocycles. The Morgan fingerprint density at radius 1 is 1.25 bits per heavy atom. The molecule has 10 heteroatoms. The monoisotopic (exact) mass is 588 g/mol. The summed E-state index contributed by atoms with van der Waals surface area (Å²) in [6, 6.07) is 11.8. The molecule has 2 N–H and O–H groups in total. The van der Waals surface area contributed by atoms with Crippen LogP contribution < -0.4 is 10.1 Å². The summed E-state index contributed by atoms with van der Waals surface area (Å²) < 4.78 is 12.6. The molecule has 0 aliphatic carbocycles. The number of carboxylic acid groups (broad SMARTS) is 1. The van der Waals surface area contributed by atoms with Crippen molar-refractivity contribution in [3.63, 3.8) is 0 Å². The highest BCUT2D eigenvalue weighted by Crippen LogP contribution is 2.34. The quantitative estimate of drug-likeness (QED) is 0.293. The van der Waals surface area contributed by atoms with Crippen LogP contribution in [-0.4, -0.2) is 41.9 Å². The van der Waals surface area contributed by atoms with Gasteiger partial charge in [0.15, 0.2) is 0 Å². The number of hydrogen-bond donors (Lipinski definition) is 3. The second-order valence-corrected chi connectivity index (χ2v) is 7.76. The number of halogens is 2. The van der Waals surface area contributed by atoms with E-state index in [-0.39, 0.29) is 11.5 Å². The number of carboxylic acids is 1. The van der Waals surface area contributed by atoms with E-state index < -0.39 is 11.5 Å². The molecule has 1 aromatic heterocycles. The van der Waals surface area contributed by atoms with Crippen LogP contribution >= 0.6 is 42.6 Å². The highest BCUT2D eigenvalue weighted by atomic mass is 127. The van der Waals surface area contributed by atoms with E-state index in [9.17, 15) is 9.59 Å². The summed E-state index contributed by atoms with van der Waals surface area (Å²) in [6.07, 6.45) is 0.587. The maximum Gasteiger partial charge on any atom is 0.335 e. The van der Waals surface area contributed by atoms with Crippen molar-refractivity contribution in [2.24, 2.45) is 7.05 Å². The van der Waals surface area contributed by atoms with Crippen LogP contribution in [0.4, 0.5) is 0 Å². The van der Waals surface area contributed by atoms with E-state index in [1.54, 1.807) is 43.0 Å². The average molecular weight is 589 g/mol. The maximum absolute atomic E-state index is 13.3. The summed E-state index contributed by atoms with van der Waals surface area (Å²) in [4.78, 5) is 24.4. The van der Waals surface area contributed by atoms with Gasteiger partial charge in [-0.15, -0.1) is 9.80 Å². The minimum Gasteiger partial charge on any atom is -0.497 e. The summed E-state index contributed by atoms with van der Waals surface area (Å²) in [6.45, 7) is 0.808. The molecular weight excluding hydrogens is 567 g/mol. The number of carbonyl (C=O) groups excluding carboxylic acids is 1. The van der Waals surface area contributed by atoms with Gasteiger partial charge in [0, 0.05) is 31.5 Å². The molecule has 0 saturated carbocycles. The zero-order valence-electron chi connectivity index (χ0n) is 17.4. The number of aromatic carboxylic acids is 1. The maximum atomic E-state index is 13.3. The van der Waals surface area contributed by atoms with Gasteiger partial charge in [0.1, 0.15) is 11.4 Å². The van der Waals surface area contributed by atoms with Gasteiger partial charge in [-0.1, -0.05) is 23.7 Å². The largest absolute Gasteiger partial charge is 0.497 e. The highest BCUT2D eigenvalue weighted by Gasteiger charge is 2.39. The van der Waals surface area contributed by atoms with Crippen molar-refractivity contribution >= 4 is 65.4 Å². The van der Waals surface area contributed by atoms with E-state index in [0.717, 1.165) is 16.5 Å². The number of fused-ring (bicyclic) bond motifs is 1. The van der Waals surface area contributed by atoms with Crippen LogP contribution in [0.25, 0.3) is 10.9 Å². The van der Waals surface area contributed by atoms with Gasteiger partial charge in [0.05, 0.1) is 35.4 Å². The lowest BCUT2D eigenvalue weighted by molar-refractivity contribution is 0.0696. The summed E-state index contributed by atoms with van der Waals surface area (Å²) in [5.41, 5.74) is 1.50. The Morgan fingerprint density at radius 2 is 1.94 bits per heavy atom. The molecule has 1 aliphatic rings. The molecular formula is C22H22ClIN2O5S. The second kappa shape index (κ2) is 10.3. The topological polar surface area (TPSA) is 89.8 Å². The predicted octanol–water partition coefficient (Wildman–Crippen LogP) is 4.85. The lowest BCUT2D eigenvalue weighted by Crippen LogP contribution is -2.47. The van der Waals surface area contributed by atoms with Crippen molar-refractivity contribution in [2.45, 2.75) is 12.0 Å². The number of benzene rings is 2. The Labute approximate surface area is 208 Å². The molecule has 1 atom stereocenters. The first-order valence-electron chi connectivity index (χ1n) is 9.58. The molecule has 1 unspecified atom stereocenters. The lowest BCUT2D eigenvalue weighted by atomic mass is 9.88. The Morgan fingerprint density at radius 3 is 2.50 bits per heavy atom. The number of aromatic nitrogens is 1. The van der Waals surface area contributed by atoms with Crippen LogP contribution in [-0.2, 0) is 17.3 Å². The van der Waals surface area contributed by atoms with Crippen molar-refractivity contribution in [3.8, 4) is 5.75 Å². The number of thiol groups is 1. The van der Waals surface area contributed by atoms with E-state index >= 15 is 0 Å². The van der Waals surface area contributed by atoms with E-state index in [2.05, 4.69) is 15.1 Å². The third kappa shape index (κ3) is 4.70. The molecule has 0 spiro atoms. The molecule has 1 fully saturated rings. The standard InChI is InChI=1S/C22H21ClN2O5.HIS/c1-25-18-10-15(29-2)9-17(23)16(18)11-19(25)20(26)24-22(7-8-30-12-22)14-5-3-13(4-6-14)21(27)28;1-2/h3-6,9-11H,7-8,12H2,1-2H3,(H,24,26)(H,27,28);2H. The van der Waals surface area contributed by atoms with Crippen molar-refractivity contribution in [1.29, 1.82) is 0 Å². The van der Waals surface area contributed by atoms with Crippen LogP contribution in [0.5, 0.6) is 5.75 Å². The number of hydrogen-bond acceptors (Lipinski definition) is 5. The first-order chi connectivity index (χ1) is 15.3. The molecule has 1 saturated heterocycles. The molecule has 0 radical (unpaired) electrons. The fourth-order valence-electron chi connectivity index (χ4n) is 3.88. The van der Waals surface area contributed by atoms with Crippen molar-refractivity contribution in [1.82, 2.24) is 9.88 Å². The number of rotatable bonds is 5. The molecule has 0 bridgehead atoms. The zero-order valence-corrected chi connectivity index (χ0v) is 21.2. The zero-order chi connectivity index (χ0) is 23.5. The minimum atomic E-state index is -0.995. The van der Waals surface area contributed by atoms with Gasteiger partial charge in [-0.3, -0.25) is 4.79 Å². The van der Waals surface area contributed by atoms with Crippen LogP contribution in [0.2, 0.25) is 5.02 Å². The molecule has 2 heterocycles. The Balaban J connectivity index is 0.00000141. The van der Waals surface area contributed by atoms with Gasteiger partial charge in [-0.05, 0) is 51.0 Å². The Kier molecular flexibility index (Phi) is 7.97. The highest BCUT2D eigenvalue weighted by molar-refractivity contribution is 14.2. The van der Waals surface area contributed by atoms with Gasteiger partial charge in [0.25, 0.3) is 5.91 Å². The van der Waals surface area contributed by atoms with Gasteiger partial charge in [0.2, 0.25) is 0 Å². The van der Waals surface area contributed by atoms with Gasteiger partial charge >= 0.3 is 5.97 Å². The van der Waals surface area contributed by atoms with Crippen LogP contribution in [0.3, 0.4) is 0 Å². The van der Waals surface area contributed by atoms with Gasteiger partial charge < -0.3 is 24.5 Å². The van der Waals surface area contributed by atoms with E-state index in [4.69, 9.17) is 26.2 Å². The lowest BCUT2D eigenvalue weighted by Gasteiger charge is -2.29. The van der Waals surface area contributed by atoms with Crippen LogP contribution in [0, 0.1) is 0 Å². The number of methoxy groups -OCH3 is 1. The molecule has 1 aliphatic heterocycles. The van der Waals surface area contributed by atoms with E-state index in [1.807, 2.05) is 27.3 Å². The molecule has 7 nitrogen and oxygen atoms in total. The number of carbonyl (C=O) groups is 2. The van der Waals surface area contributed by atoms with Crippen molar-refractivity contribution in [2.75, 3.05) is 20.3 Å². The number of nitrogens with zero attached hydrogens (tertiary/aromatic N) is 1. The molecule has 3 aromatic rings. The smallest absolute Gasteiger partial charge is 0.335 e. The predicted molar refractivity (Wildman–Crippen MR) is 135 cm³/mol. The molecule has 170 valence electrons. The Hall–Kier alpha value is -1.95. The molecule has 1 amide bonds. The molecule has 32 heavy (non-hydrogen) atoms. The average Bonchev–Trinajstić information content (AvgIpc) is 3.41. The van der Waals surface area contributed by atoms with Crippen molar-refractivity contribution in [3.05, 3.63) is 64.3 Å². The summed E-state index contributed by atoms with van der Waals surface area (Å²) in [5, 5.41) is 13.5. The normalized spacial score (nSPS) is 17.5. The second-order valence-electron chi connectivity index (χ2n) is 7.35. The number of aryl methyl sites for hydroxylation is 1. The SMILES string of the molecule is COc1cc(Cl)c2cc(C(=O)NC3(c4ccc(C(=O)O)cc4)CCOC3)n(C)c2c1.SI. The Bertz CT molecular complexity index is 1140. The first-order valence-corrected chi connectivity index (χ1v) is 13.2. The summed E-state index contributed by atoms with van der Waals surface area (Å²) in [5.74, 6) is -0.651.